The maximum Gasteiger partial charge on any atom is 0.123 e. The van der Waals surface area contributed by atoms with Gasteiger partial charge in [0.2, 0.25) is 0 Å². The molecule has 0 aliphatic heterocycles. The number of nitrogens with two attached hydrogens (primary N) is 1. The van der Waals surface area contributed by atoms with Crippen molar-refractivity contribution < 1.29 is 9.13 Å². The summed E-state index contributed by atoms with van der Waals surface area (Å²) in [6.07, 6.45) is 3.69. The van der Waals surface area contributed by atoms with Gasteiger partial charge in [0, 0.05) is 6.54 Å². The SMILES string of the molecule is CC1CC(OCc2cc(F)ccc2CN)CC(C)(C)C1. The molecule has 1 aromatic rings. The smallest absolute Gasteiger partial charge is 0.123 e. The summed E-state index contributed by atoms with van der Waals surface area (Å²) in [4.78, 5) is 0. The van der Waals surface area contributed by atoms with Crippen LogP contribution in [0.25, 0.3) is 0 Å². The Morgan fingerprint density at radius 2 is 2.05 bits per heavy atom. The molecule has 0 spiro atoms. The zero-order chi connectivity index (χ0) is 14.8. The van der Waals surface area contributed by atoms with Gasteiger partial charge in [-0.15, -0.1) is 0 Å². The van der Waals surface area contributed by atoms with Crippen LogP contribution in [-0.4, -0.2) is 6.10 Å². The Labute approximate surface area is 121 Å². The molecule has 3 heteroatoms. The molecular weight excluding hydrogens is 253 g/mol. The Morgan fingerprint density at radius 3 is 2.70 bits per heavy atom. The van der Waals surface area contributed by atoms with Crippen molar-refractivity contribution in [1.82, 2.24) is 0 Å². The predicted molar refractivity (Wildman–Crippen MR) is 79.7 cm³/mol. The second kappa shape index (κ2) is 6.23. The zero-order valence-corrected chi connectivity index (χ0v) is 12.8. The summed E-state index contributed by atoms with van der Waals surface area (Å²) in [5, 5.41) is 0. The molecule has 0 radical (unpaired) electrons. The Balaban J connectivity index is 2.00. The van der Waals surface area contributed by atoms with Crippen LogP contribution < -0.4 is 5.73 Å². The first-order valence-corrected chi connectivity index (χ1v) is 7.48. The topological polar surface area (TPSA) is 35.2 Å². The fourth-order valence-electron chi connectivity index (χ4n) is 3.52. The van der Waals surface area contributed by atoms with Gasteiger partial charge in [-0.25, -0.2) is 4.39 Å². The van der Waals surface area contributed by atoms with Gasteiger partial charge in [-0.3, -0.25) is 0 Å². The summed E-state index contributed by atoms with van der Waals surface area (Å²) in [5.74, 6) is 0.461. The minimum absolute atomic E-state index is 0.224. The van der Waals surface area contributed by atoms with E-state index in [0.29, 0.717) is 24.5 Å². The van der Waals surface area contributed by atoms with E-state index < -0.39 is 0 Å². The Bertz CT molecular complexity index is 458. The third-order valence-corrected chi connectivity index (χ3v) is 4.21. The van der Waals surface area contributed by atoms with Crippen LogP contribution in [0.1, 0.15) is 51.2 Å². The van der Waals surface area contributed by atoms with Crippen LogP contribution in [0.15, 0.2) is 18.2 Å². The molecule has 2 atom stereocenters. The first kappa shape index (κ1) is 15.5. The normalized spacial score (nSPS) is 25.6. The average molecular weight is 279 g/mol. The molecule has 0 bridgehead atoms. The highest BCUT2D eigenvalue weighted by Crippen LogP contribution is 2.39. The lowest BCUT2D eigenvalue weighted by Gasteiger charge is -2.38. The van der Waals surface area contributed by atoms with Gasteiger partial charge in [0.15, 0.2) is 0 Å². The van der Waals surface area contributed by atoms with Gasteiger partial charge in [-0.2, -0.15) is 0 Å². The Morgan fingerprint density at radius 1 is 1.30 bits per heavy atom. The van der Waals surface area contributed by atoms with Crippen molar-refractivity contribution in [1.29, 1.82) is 0 Å². The van der Waals surface area contributed by atoms with Gasteiger partial charge >= 0.3 is 0 Å². The van der Waals surface area contributed by atoms with Gasteiger partial charge in [-0.05, 0) is 53.9 Å². The molecule has 0 heterocycles. The van der Waals surface area contributed by atoms with Gasteiger partial charge in [0.25, 0.3) is 0 Å². The minimum atomic E-state index is -0.224. The Hall–Kier alpha value is -0.930. The van der Waals surface area contributed by atoms with Crippen molar-refractivity contribution in [3.05, 3.63) is 35.1 Å². The molecule has 2 unspecified atom stereocenters. The molecule has 1 aliphatic rings. The first-order valence-electron chi connectivity index (χ1n) is 7.48. The molecule has 0 saturated heterocycles. The van der Waals surface area contributed by atoms with Crippen LogP contribution in [-0.2, 0) is 17.9 Å². The molecule has 2 nitrogen and oxygen atoms in total. The molecular formula is C17H26FNO. The van der Waals surface area contributed by atoms with Crippen LogP contribution >= 0.6 is 0 Å². The number of rotatable bonds is 4. The number of benzene rings is 1. The molecule has 1 fully saturated rings. The van der Waals surface area contributed by atoms with Gasteiger partial charge in [0.1, 0.15) is 5.82 Å². The molecule has 1 saturated carbocycles. The van der Waals surface area contributed by atoms with E-state index in [0.717, 1.165) is 24.0 Å². The molecule has 112 valence electrons. The number of hydrogen-bond donors (Lipinski definition) is 1. The molecule has 1 aliphatic carbocycles. The van der Waals surface area contributed by atoms with Crippen molar-refractivity contribution in [2.75, 3.05) is 0 Å². The van der Waals surface area contributed by atoms with Gasteiger partial charge < -0.3 is 10.5 Å². The van der Waals surface area contributed by atoms with E-state index in [2.05, 4.69) is 20.8 Å². The van der Waals surface area contributed by atoms with Crippen molar-refractivity contribution in [2.45, 2.75) is 59.3 Å². The lowest BCUT2D eigenvalue weighted by atomic mass is 9.71. The molecule has 2 N–H and O–H groups in total. The summed E-state index contributed by atoms with van der Waals surface area (Å²) in [6.45, 7) is 7.76. The van der Waals surface area contributed by atoms with Crippen LogP contribution in [0.4, 0.5) is 4.39 Å². The monoisotopic (exact) mass is 279 g/mol. The van der Waals surface area contributed by atoms with Crippen molar-refractivity contribution in [3.63, 3.8) is 0 Å². The predicted octanol–water partition coefficient (Wildman–Crippen LogP) is 4.02. The lowest BCUT2D eigenvalue weighted by molar-refractivity contribution is -0.0318. The van der Waals surface area contributed by atoms with E-state index in [4.69, 9.17) is 10.5 Å². The van der Waals surface area contributed by atoms with Crippen molar-refractivity contribution in [3.8, 4) is 0 Å². The largest absolute Gasteiger partial charge is 0.374 e. The second-order valence-electron chi connectivity index (χ2n) is 6.96. The second-order valence-corrected chi connectivity index (χ2v) is 6.96. The average Bonchev–Trinajstić information content (AvgIpc) is 2.34. The number of hydrogen-bond acceptors (Lipinski definition) is 2. The maximum atomic E-state index is 13.3. The molecule has 20 heavy (non-hydrogen) atoms. The van der Waals surface area contributed by atoms with E-state index in [1.165, 1.54) is 12.5 Å². The van der Waals surface area contributed by atoms with E-state index in [9.17, 15) is 4.39 Å². The summed E-state index contributed by atoms with van der Waals surface area (Å²) in [5.41, 5.74) is 7.88. The van der Waals surface area contributed by atoms with Crippen LogP contribution in [0.3, 0.4) is 0 Å². The van der Waals surface area contributed by atoms with Crippen molar-refractivity contribution in [2.24, 2.45) is 17.1 Å². The van der Waals surface area contributed by atoms with E-state index in [1.54, 1.807) is 12.1 Å². The highest BCUT2D eigenvalue weighted by molar-refractivity contribution is 5.27. The third-order valence-electron chi connectivity index (χ3n) is 4.21. The fraction of sp³-hybridized carbons (Fsp3) is 0.647. The minimum Gasteiger partial charge on any atom is -0.374 e. The standard InChI is InChI=1S/C17H26FNO/c1-12-6-16(9-17(2,3)8-12)20-11-14-7-15(18)5-4-13(14)10-19/h4-5,7,12,16H,6,8-11,19H2,1-3H3. The quantitative estimate of drug-likeness (QED) is 0.903. The zero-order valence-electron chi connectivity index (χ0n) is 12.8. The van der Waals surface area contributed by atoms with Crippen LogP contribution in [0, 0.1) is 17.2 Å². The van der Waals surface area contributed by atoms with E-state index in [1.807, 2.05) is 0 Å². The fourth-order valence-corrected chi connectivity index (χ4v) is 3.52. The Kier molecular flexibility index (Phi) is 4.82. The first-order chi connectivity index (χ1) is 9.39. The van der Waals surface area contributed by atoms with E-state index in [-0.39, 0.29) is 11.9 Å². The van der Waals surface area contributed by atoms with Gasteiger partial charge in [-0.1, -0.05) is 26.8 Å². The van der Waals surface area contributed by atoms with Crippen molar-refractivity contribution >= 4 is 0 Å². The summed E-state index contributed by atoms with van der Waals surface area (Å²) in [7, 11) is 0. The highest BCUT2D eigenvalue weighted by Gasteiger charge is 2.32. The number of halogens is 1. The molecule has 1 aromatic carbocycles. The lowest BCUT2D eigenvalue weighted by Crippen LogP contribution is -2.32. The third kappa shape index (κ3) is 4.03. The van der Waals surface area contributed by atoms with Gasteiger partial charge in [0.05, 0.1) is 12.7 Å². The molecule has 2 rings (SSSR count). The molecule has 0 amide bonds. The molecule has 0 aromatic heterocycles. The number of ether oxygens (including phenoxy) is 1. The summed E-state index contributed by atoms with van der Waals surface area (Å²) in [6, 6.07) is 4.75. The maximum absolute atomic E-state index is 13.3. The summed E-state index contributed by atoms with van der Waals surface area (Å²) >= 11 is 0. The van der Waals surface area contributed by atoms with E-state index >= 15 is 0 Å². The summed E-state index contributed by atoms with van der Waals surface area (Å²) < 4.78 is 19.4. The highest BCUT2D eigenvalue weighted by atomic mass is 19.1. The van der Waals surface area contributed by atoms with Crippen LogP contribution in [0.2, 0.25) is 0 Å². The van der Waals surface area contributed by atoms with Crippen LogP contribution in [0.5, 0.6) is 0 Å².